The van der Waals surface area contributed by atoms with Crippen molar-refractivity contribution in [1.29, 1.82) is 0 Å². The standard InChI is InChI=1S/C23H24FN/c24-23-15-13-22(14-16-23)19-25(18-21-10-5-2-6-11-21)17-7-12-20-8-3-1-4-9-20/h1-6,8-11,13-16H,7,12,17-19H2. The molecule has 0 atom stereocenters. The number of aryl methyl sites for hydroxylation is 1. The van der Waals surface area contributed by atoms with Crippen molar-refractivity contribution in [2.24, 2.45) is 0 Å². The second-order valence-electron chi connectivity index (χ2n) is 6.41. The molecule has 3 aromatic rings. The van der Waals surface area contributed by atoms with Gasteiger partial charge in [-0.2, -0.15) is 0 Å². The zero-order valence-electron chi connectivity index (χ0n) is 14.4. The van der Waals surface area contributed by atoms with Gasteiger partial charge in [-0.25, -0.2) is 4.39 Å². The Morgan fingerprint density at radius 2 is 1.12 bits per heavy atom. The van der Waals surface area contributed by atoms with Crippen LogP contribution in [0.25, 0.3) is 0 Å². The van der Waals surface area contributed by atoms with Crippen molar-refractivity contribution in [3.8, 4) is 0 Å². The molecular weight excluding hydrogens is 309 g/mol. The van der Waals surface area contributed by atoms with Crippen molar-refractivity contribution >= 4 is 0 Å². The molecule has 0 N–H and O–H groups in total. The van der Waals surface area contributed by atoms with E-state index in [1.807, 2.05) is 18.2 Å². The molecule has 0 unspecified atom stereocenters. The summed E-state index contributed by atoms with van der Waals surface area (Å²) in [5, 5.41) is 0. The van der Waals surface area contributed by atoms with Crippen LogP contribution in [0.4, 0.5) is 4.39 Å². The molecular formula is C23H24FN. The molecule has 2 heteroatoms. The van der Waals surface area contributed by atoms with E-state index in [-0.39, 0.29) is 5.82 Å². The van der Waals surface area contributed by atoms with Crippen molar-refractivity contribution in [1.82, 2.24) is 4.90 Å². The highest BCUT2D eigenvalue weighted by atomic mass is 19.1. The second kappa shape index (κ2) is 9.14. The van der Waals surface area contributed by atoms with E-state index in [2.05, 4.69) is 59.5 Å². The van der Waals surface area contributed by atoms with Crippen LogP contribution in [0, 0.1) is 5.82 Å². The van der Waals surface area contributed by atoms with Crippen molar-refractivity contribution in [2.45, 2.75) is 25.9 Å². The maximum absolute atomic E-state index is 13.1. The van der Waals surface area contributed by atoms with E-state index in [0.717, 1.165) is 38.0 Å². The summed E-state index contributed by atoms with van der Waals surface area (Å²) in [5.41, 5.74) is 3.84. The van der Waals surface area contributed by atoms with Gasteiger partial charge in [0.1, 0.15) is 5.82 Å². The molecule has 0 radical (unpaired) electrons. The van der Waals surface area contributed by atoms with Crippen LogP contribution in [-0.4, -0.2) is 11.4 Å². The van der Waals surface area contributed by atoms with Gasteiger partial charge >= 0.3 is 0 Å². The molecule has 0 aliphatic heterocycles. The van der Waals surface area contributed by atoms with Crippen molar-refractivity contribution in [3.05, 3.63) is 107 Å². The van der Waals surface area contributed by atoms with E-state index in [1.54, 1.807) is 12.1 Å². The third-order valence-electron chi connectivity index (χ3n) is 4.35. The Kier molecular flexibility index (Phi) is 6.35. The Bertz CT molecular complexity index is 738. The Morgan fingerprint density at radius 3 is 1.72 bits per heavy atom. The molecule has 25 heavy (non-hydrogen) atoms. The lowest BCUT2D eigenvalue weighted by Crippen LogP contribution is -2.24. The highest BCUT2D eigenvalue weighted by Crippen LogP contribution is 2.13. The van der Waals surface area contributed by atoms with Gasteiger partial charge < -0.3 is 0 Å². The molecule has 0 aromatic heterocycles. The molecule has 0 aliphatic carbocycles. The minimum absolute atomic E-state index is 0.178. The zero-order valence-corrected chi connectivity index (χ0v) is 14.4. The fraction of sp³-hybridized carbons (Fsp3) is 0.217. The van der Waals surface area contributed by atoms with Crippen LogP contribution in [0.15, 0.2) is 84.9 Å². The Balaban J connectivity index is 1.62. The summed E-state index contributed by atoms with van der Waals surface area (Å²) in [6.45, 7) is 2.76. The van der Waals surface area contributed by atoms with Crippen LogP contribution in [0.5, 0.6) is 0 Å². The summed E-state index contributed by atoms with van der Waals surface area (Å²) < 4.78 is 13.1. The summed E-state index contributed by atoms with van der Waals surface area (Å²) in [5.74, 6) is -0.178. The smallest absolute Gasteiger partial charge is 0.123 e. The van der Waals surface area contributed by atoms with Crippen LogP contribution in [0.1, 0.15) is 23.1 Å². The normalized spacial score (nSPS) is 11.0. The number of hydrogen-bond acceptors (Lipinski definition) is 1. The predicted octanol–water partition coefficient (Wildman–Crippen LogP) is 5.46. The quantitative estimate of drug-likeness (QED) is 0.529. The molecule has 0 spiro atoms. The second-order valence-corrected chi connectivity index (χ2v) is 6.41. The van der Waals surface area contributed by atoms with E-state index in [9.17, 15) is 4.39 Å². The number of hydrogen-bond donors (Lipinski definition) is 0. The number of nitrogens with zero attached hydrogens (tertiary/aromatic N) is 1. The summed E-state index contributed by atoms with van der Waals surface area (Å²) in [6, 6.07) is 28.0. The van der Waals surface area contributed by atoms with E-state index < -0.39 is 0 Å². The summed E-state index contributed by atoms with van der Waals surface area (Å²) in [6.07, 6.45) is 2.19. The Labute approximate surface area is 149 Å². The zero-order chi connectivity index (χ0) is 17.3. The first-order valence-corrected chi connectivity index (χ1v) is 8.84. The number of halogens is 1. The first kappa shape index (κ1) is 17.4. The number of benzene rings is 3. The SMILES string of the molecule is Fc1ccc(CN(CCCc2ccccc2)Cc2ccccc2)cc1. The van der Waals surface area contributed by atoms with Gasteiger partial charge in [0.05, 0.1) is 0 Å². The maximum atomic E-state index is 13.1. The molecule has 1 nitrogen and oxygen atoms in total. The first-order chi connectivity index (χ1) is 12.3. The molecule has 0 saturated carbocycles. The maximum Gasteiger partial charge on any atom is 0.123 e. The largest absolute Gasteiger partial charge is 0.295 e. The van der Waals surface area contributed by atoms with E-state index in [0.29, 0.717) is 0 Å². The lowest BCUT2D eigenvalue weighted by atomic mass is 10.1. The minimum Gasteiger partial charge on any atom is -0.295 e. The van der Waals surface area contributed by atoms with E-state index in [1.165, 1.54) is 11.1 Å². The molecule has 0 amide bonds. The molecule has 0 aliphatic rings. The Morgan fingerprint density at radius 1 is 0.600 bits per heavy atom. The van der Waals surface area contributed by atoms with Gasteiger partial charge in [-0.1, -0.05) is 72.8 Å². The summed E-state index contributed by atoms with van der Waals surface area (Å²) in [4.78, 5) is 2.44. The molecule has 128 valence electrons. The summed E-state index contributed by atoms with van der Waals surface area (Å²) >= 11 is 0. The van der Waals surface area contributed by atoms with Crippen molar-refractivity contribution in [2.75, 3.05) is 6.54 Å². The molecule has 0 heterocycles. The average Bonchev–Trinajstić information content (AvgIpc) is 2.65. The molecule has 3 rings (SSSR count). The number of rotatable bonds is 8. The van der Waals surface area contributed by atoms with Crippen LogP contribution in [0.2, 0.25) is 0 Å². The van der Waals surface area contributed by atoms with Crippen LogP contribution < -0.4 is 0 Å². The van der Waals surface area contributed by atoms with Gasteiger partial charge in [0.25, 0.3) is 0 Å². The van der Waals surface area contributed by atoms with Crippen molar-refractivity contribution < 1.29 is 4.39 Å². The highest BCUT2D eigenvalue weighted by molar-refractivity contribution is 5.18. The molecule has 3 aromatic carbocycles. The highest BCUT2D eigenvalue weighted by Gasteiger charge is 2.08. The third kappa shape index (κ3) is 5.84. The fourth-order valence-corrected chi connectivity index (χ4v) is 3.06. The lowest BCUT2D eigenvalue weighted by Gasteiger charge is -2.23. The van der Waals surface area contributed by atoms with E-state index >= 15 is 0 Å². The third-order valence-corrected chi connectivity index (χ3v) is 4.35. The van der Waals surface area contributed by atoms with Crippen LogP contribution in [0.3, 0.4) is 0 Å². The van der Waals surface area contributed by atoms with Gasteiger partial charge in [0.15, 0.2) is 0 Å². The van der Waals surface area contributed by atoms with Gasteiger partial charge in [0.2, 0.25) is 0 Å². The summed E-state index contributed by atoms with van der Waals surface area (Å²) in [7, 11) is 0. The van der Waals surface area contributed by atoms with Gasteiger partial charge in [-0.15, -0.1) is 0 Å². The monoisotopic (exact) mass is 333 g/mol. The Hall–Kier alpha value is -2.45. The fourth-order valence-electron chi connectivity index (χ4n) is 3.06. The van der Waals surface area contributed by atoms with Gasteiger partial charge in [-0.05, 0) is 48.2 Å². The first-order valence-electron chi connectivity index (χ1n) is 8.84. The van der Waals surface area contributed by atoms with Gasteiger partial charge in [-0.3, -0.25) is 4.90 Å². The van der Waals surface area contributed by atoms with Crippen molar-refractivity contribution in [3.63, 3.8) is 0 Å². The predicted molar refractivity (Wildman–Crippen MR) is 102 cm³/mol. The molecule has 0 saturated heterocycles. The molecule has 0 fully saturated rings. The lowest BCUT2D eigenvalue weighted by molar-refractivity contribution is 0.253. The average molecular weight is 333 g/mol. The van der Waals surface area contributed by atoms with Crippen LogP contribution >= 0.6 is 0 Å². The van der Waals surface area contributed by atoms with E-state index in [4.69, 9.17) is 0 Å². The minimum atomic E-state index is -0.178. The molecule has 0 bridgehead atoms. The topological polar surface area (TPSA) is 3.24 Å². The van der Waals surface area contributed by atoms with Crippen LogP contribution in [-0.2, 0) is 19.5 Å². The van der Waals surface area contributed by atoms with Gasteiger partial charge in [0, 0.05) is 13.1 Å².